The number of nitrogens with one attached hydrogen (secondary N) is 2. The van der Waals surface area contributed by atoms with Crippen molar-refractivity contribution in [3.8, 4) is 11.5 Å². The monoisotopic (exact) mass is 437 g/mol. The maximum absolute atomic E-state index is 11.5. The second-order valence-electron chi connectivity index (χ2n) is 8.26. The molecule has 0 radical (unpaired) electrons. The molecule has 2 aromatic carbocycles. The number of likely N-dealkylation sites (tertiary alicyclic amines) is 1. The lowest BCUT2D eigenvalue weighted by Gasteiger charge is -2.31. The van der Waals surface area contributed by atoms with Gasteiger partial charge in [0.15, 0.2) is 17.5 Å². The maximum atomic E-state index is 11.5. The summed E-state index contributed by atoms with van der Waals surface area (Å²) in [6, 6.07) is 14.4. The Balaban J connectivity index is 1.27. The molecule has 1 fully saturated rings. The molecule has 1 saturated heterocycles. The highest BCUT2D eigenvalue weighted by atomic mass is 16.7. The molecule has 1 amide bonds. The van der Waals surface area contributed by atoms with Gasteiger partial charge < -0.3 is 25.8 Å². The quantitative estimate of drug-likeness (QED) is 0.452. The van der Waals surface area contributed by atoms with E-state index in [4.69, 9.17) is 15.2 Å². The fourth-order valence-corrected chi connectivity index (χ4v) is 4.17. The summed E-state index contributed by atoms with van der Waals surface area (Å²) < 4.78 is 10.8. The van der Waals surface area contributed by atoms with Crippen molar-refractivity contribution in [3.63, 3.8) is 0 Å². The highest BCUT2D eigenvalue weighted by molar-refractivity contribution is 5.79. The number of nitrogens with zero attached hydrogens (tertiary/aromatic N) is 2. The lowest BCUT2D eigenvalue weighted by molar-refractivity contribution is -0.123. The molecule has 2 aliphatic rings. The molecular weight excluding hydrogens is 406 g/mol. The minimum absolute atomic E-state index is 0.0345. The van der Waals surface area contributed by atoms with Crippen molar-refractivity contribution in [1.29, 1.82) is 0 Å². The number of hydrogen-bond donors (Lipinski definition) is 3. The molecule has 8 nitrogen and oxygen atoms in total. The van der Waals surface area contributed by atoms with Crippen LogP contribution in [0.15, 0.2) is 47.5 Å². The summed E-state index contributed by atoms with van der Waals surface area (Å²) in [5.41, 5.74) is 9.02. The maximum Gasteiger partial charge on any atom is 0.231 e. The van der Waals surface area contributed by atoms with Crippen LogP contribution in [-0.2, 0) is 24.4 Å². The van der Waals surface area contributed by atoms with Crippen LogP contribution in [0.1, 0.15) is 29.5 Å². The first-order valence-electron chi connectivity index (χ1n) is 11.0. The number of benzene rings is 2. The summed E-state index contributed by atoms with van der Waals surface area (Å²) in [7, 11) is 1.76. The summed E-state index contributed by atoms with van der Waals surface area (Å²) in [6.07, 6.45) is 1.91. The molecule has 32 heavy (non-hydrogen) atoms. The van der Waals surface area contributed by atoms with Gasteiger partial charge in [0.2, 0.25) is 12.7 Å². The summed E-state index contributed by atoms with van der Waals surface area (Å²) in [4.78, 5) is 18.2. The molecule has 2 heterocycles. The van der Waals surface area contributed by atoms with Gasteiger partial charge in [-0.3, -0.25) is 14.7 Å². The Bertz CT molecular complexity index is 978. The van der Waals surface area contributed by atoms with Crippen molar-refractivity contribution in [2.75, 3.05) is 26.9 Å². The normalized spacial score (nSPS) is 18.4. The van der Waals surface area contributed by atoms with Crippen LogP contribution in [0.3, 0.4) is 0 Å². The first kappa shape index (κ1) is 22.0. The van der Waals surface area contributed by atoms with Crippen LogP contribution in [0.4, 0.5) is 0 Å². The van der Waals surface area contributed by atoms with Crippen molar-refractivity contribution in [1.82, 2.24) is 15.5 Å². The molecular formula is C24H31N5O3. The number of guanidine groups is 1. The topological polar surface area (TPSA) is 101 Å². The molecule has 170 valence electrons. The van der Waals surface area contributed by atoms with E-state index < -0.39 is 0 Å². The smallest absolute Gasteiger partial charge is 0.231 e. The van der Waals surface area contributed by atoms with Crippen LogP contribution in [0.2, 0.25) is 0 Å². The third-order valence-electron chi connectivity index (χ3n) is 5.89. The van der Waals surface area contributed by atoms with E-state index in [-0.39, 0.29) is 18.6 Å². The molecule has 0 bridgehead atoms. The van der Waals surface area contributed by atoms with Gasteiger partial charge >= 0.3 is 0 Å². The van der Waals surface area contributed by atoms with Gasteiger partial charge in [0.25, 0.3) is 0 Å². The van der Waals surface area contributed by atoms with Crippen LogP contribution in [0, 0.1) is 5.92 Å². The van der Waals surface area contributed by atoms with Crippen LogP contribution >= 0.6 is 0 Å². The fraction of sp³-hybridized carbons (Fsp3) is 0.417. The average molecular weight is 438 g/mol. The minimum atomic E-state index is -0.188. The molecule has 1 atom stereocenters. The third kappa shape index (κ3) is 5.70. The summed E-state index contributed by atoms with van der Waals surface area (Å²) in [5, 5.41) is 6.70. The van der Waals surface area contributed by atoms with E-state index in [1.165, 1.54) is 11.1 Å². The van der Waals surface area contributed by atoms with Gasteiger partial charge in [0.05, 0.1) is 5.92 Å². The van der Waals surface area contributed by atoms with Crippen LogP contribution < -0.4 is 25.8 Å². The van der Waals surface area contributed by atoms with Gasteiger partial charge in [-0.15, -0.1) is 0 Å². The summed E-state index contributed by atoms with van der Waals surface area (Å²) in [6.45, 7) is 4.15. The molecule has 1 unspecified atom stereocenters. The van der Waals surface area contributed by atoms with Gasteiger partial charge in [0, 0.05) is 33.2 Å². The number of primary amides is 1. The summed E-state index contributed by atoms with van der Waals surface area (Å²) in [5.74, 6) is 2.07. The molecule has 0 aromatic heterocycles. The highest BCUT2D eigenvalue weighted by Crippen LogP contribution is 2.32. The number of hydrogen-bond acceptors (Lipinski definition) is 5. The van der Waals surface area contributed by atoms with E-state index in [2.05, 4.69) is 44.8 Å². The SMILES string of the molecule is CN=C(NCc1cccc(CN2CCCC(C(N)=O)C2)c1)NCc1ccc2c(c1)OCO2. The number of ether oxygens (including phenoxy) is 2. The molecule has 0 saturated carbocycles. The van der Waals surface area contributed by atoms with Crippen molar-refractivity contribution >= 4 is 11.9 Å². The van der Waals surface area contributed by atoms with Crippen molar-refractivity contribution in [3.05, 3.63) is 59.2 Å². The largest absolute Gasteiger partial charge is 0.454 e. The number of rotatable bonds is 7. The Kier molecular flexibility index (Phi) is 7.11. The first-order chi connectivity index (χ1) is 15.6. The van der Waals surface area contributed by atoms with Crippen molar-refractivity contribution in [2.45, 2.75) is 32.5 Å². The predicted octanol–water partition coefficient (Wildman–Crippen LogP) is 1.98. The minimum Gasteiger partial charge on any atom is -0.454 e. The Hall–Kier alpha value is -3.26. The number of aliphatic imine (C=N–C) groups is 1. The van der Waals surface area contributed by atoms with Crippen LogP contribution in [0.5, 0.6) is 11.5 Å². The van der Waals surface area contributed by atoms with E-state index in [0.29, 0.717) is 13.1 Å². The van der Waals surface area contributed by atoms with Crippen molar-refractivity contribution < 1.29 is 14.3 Å². The van der Waals surface area contributed by atoms with Gasteiger partial charge in [-0.25, -0.2) is 0 Å². The molecule has 2 aromatic rings. The van der Waals surface area contributed by atoms with Gasteiger partial charge in [-0.1, -0.05) is 30.3 Å². The molecule has 4 N–H and O–H groups in total. The first-order valence-corrected chi connectivity index (χ1v) is 11.0. The Labute approximate surface area is 188 Å². The Morgan fingerprint density at radius 3 is 2.62 bits per heavy atom. The van der Waals surface area contributed by atoms with Crippen LogP contribution in [0.25, 0.3) is 0 Å². The standard InChI is InChI=1S/C24H31N5O3/c1-26-24(28-13-18-7-8-21-22(11-18)32-16-31-21)27-12-17-4-2-5-19(10-17)14-29-9-3-6-20(15-29)23(25)30/h2,4-5,7-8,10-11,20H,3,6,9,12-16H2,1H3,(H2,25,30)(H2,26,27,28). The van der Waals surface area contributed by atoms with E-state index in [0.717, 1.165) is 55.5 Å². The molecule has 0 spiro atoms. The number of amides is 1. The highest BCUT2D eigenvalue weighted by Gasteiger charge is 2.23. The molecule has 0 aliphatic carbocycles. The summed E-state index contributed by atoms with van der Waals surface area (Å²) >= 11 is 0. The molecule has 2 aliphatic heterocycles. The van der Waals surface area contributed by atoms with Crippen LogP contribution in [-0.4, -0.2) is 43.7 Å². The zero-order valence-corrected chi connectivity index (χ0v) is 18.5. The van der Waals surface area contributed by atoms with Gasteiger partial charge in [-0.2, -0.15) is 0 Å². The van der Waals surface area contributed by atoms with E-state index in [1.54, 1.807) is 7.05 Å². The molecule has 4 rings (SSSR count). The third-order valence-corrected chi connectivity index (χ3v) is 5.89. The zero-order valence-electron chi connectivity index (χ0n) is 18.5. The van der Waals surface area contributed by atoms with E-state index >= 15 is 0 Å². The number of fused-ring (bicyclic) bond motifs is 1. The lowest BCUT2D eigenvalue weighted by atomic mass is 9.97. The number of carbonyl (C=O) groups excluding carboxylic acids is 1. The van der Waals surface area contributed by atoms with E-state index in [9.17, 15) is 4.79 Å². The number of nitrogens with two attached hydrogens (primary N) is 1. The number of piperidine rings is 1. The second kappa shape index (κ2) is 10.4. The second-order valence-corrected chi connectivity index (χ2v) is 8.26. The fourth-order valence-electron chi connectivity index (χ4n) is 4.17. The molecule has 8 heteroatoms. The van der Waals surface area contributed by atoms with E-state index in [1.807, 2.05) is 18.2 Å². The Morgan fingerprint density at radius 1 is 1.09 bits per heavy atom. The lowest BCUT2D eigenvalue weighted by Crippen LogP contribution is -2.40. The Morgan fingerprint density at radius 2 is 1.84 bits per heavy atom. The predicted molar refractivity (Wildman–Crippen MR) is 123 cm³/mol. The average Bonchev–Trinajstić information content (AvgIpc) is 3.27. The van der Waals surface area contributed by atoms with Gasteiger partial charge in [-0.05, 0) is 48.2 Å². The van der Waals surface area contributed by atoms with Gasteiger partial charge in [0.1, 0.15) is 0 Å². The van der Waals surface area contributed by atoms with Crippen molar-refractivity contribution in [2.24, 2.45) is 16.6 Å². The zero-order chi connectivity index (χ0) is 22.3. The number of carbonyl (C=O) groups is 1.